The van der Waals surface area contributed by atoms with Crippen LogP contribution in [-0.2, 0) is 4.79 Å². The van der Waals surface area contributed by atoms with Gasteiger partial charge in [0.25, 0.3) is 0 Å². The van der Waals surface area contributed by atoms with Gasteiger partial charge in [-0.1, -0.05) is 0 Å². The smallest absolute Gasteiger partial charge is 0.320 e. The Hall–Kier alpha value is -0.610. The summed E-state index contributed by atoms with van der Waals surface area (Å²) in [6.45, 7) is 4.79. The van der Waals surface area contributed by atoms with Crippen LogP contribution in [-0.4, -0.2) is 47.7 Å². The van der Waals surface area contributed by atoms with E-state index in [4.69, 9.17) is 5.11 Å². The van der Waals surface area contributed by atoms with E-state index in [1.54, 1.807) is 6.92 Å². The van der Waals surface area contributed by atoms with Crippen molar-refractivity contribution < 1.29 is 9.90 Å². The van der Waals surface area contributed by atoms with Crippen LogP contribution in [0.25, 0.3) is 0 Å². The molecule has 1 rings (SSSR count). The van der Waals surface area contributed by atoms with E-state index < -0.39 is 12.0 Å². The fourth-order valence-corrected chi connectivity index (χ4v) is 1.74. The number of carboxylic acid groups (broad SMARTS) is 1. The lowest BCUT2D eigenvalue weighted by molar-refractivity contribution is -0.139. The SMILES string of the molecule is CC(NC1CC(C)N(C)C1)C(=O)O. The molecule has 4 heteroatoms. The molecule has 1 fully saturated rings. The molecule has 1 aliphatic rings. The molecule has 0 aromatic heterocycles. The van der Waals surface area contributed by atoms with Gasteiger partial charge in [-0.05, 0) is 27.3 Å². The van der Waals surface area contributed by atoms with E-state index in [9.17, 15) is 4.79 Å². The maximum atomic E-state index is 10.6. The van der Waals surface area contributed by atoms with E-state index in [0.29, 0.717) is 12.1 Å². The Morgan fingerprint density at radius 1 is 1.69 bits per heavy atom. The largest absolute Gasteiger partial charge is 0.480 e. The molecule has 0 spiro atoms. The first-order chi connectivity index (χ1) is 6.00. The molecule has 0 aromatic carbocycles. The van der Waals surface area contributed by atoms with Crippen LogP contribution >= 0.6 is 0 Å². The number of likely N-dealkylation sites (N-methyl/N-ethyl adjacent to an activating group) is 1. The highest BCUT2D eigenvalue weighted by Gasteiger charge is 2.27. The summed E-state index contributed by atoms with van der Waals surface area (Å²) >= 11 is 0. The van der Waals surface area contributed by atoms with Crippen molar-refractivity contribution in [2.45, 2.75) is 38.4 Å². The third-order valence-corrected chi connectivity index (χ3v) is 2.74. The predicted octanol–water partition coefficient (Wildman–Crippen LogP) is 0.142. The van der Waals surface area contributed by atoms with Crippen LogP contribution < -0.4 is 5.32 Å². The fraction of sp³-hybridized carbons (Fsp3) is 0.889. The zero-order valence-electron chi connectivity index (χ0n) is 8.45. The summed E-state index contributed by atoms with van der Waals surface area (Å²) in [4.78, 5) is 12.8. The van der Waals surface area contributed by atoms with E-state index in [1.807, 2.05) is 0 Å². The molecule has 1 saturated heterocycles. The zero-order chi connectivity index (χ0) is 10.0. The average molecular weight is 186 g/mol. The monoisotopic (exact) mass is 186 g/mol. The maximum Gasteiger partial charge on any atom is 0.320 e. The molecule has 2 N–H and O–H groups in total. The Morgan fingerprint density at radius 3 is 2.69 bits per heavy atom. The van der Waals surface area contributed by atoms with Gasteiger partial charge in [0.05, 0.1) is 0 Å². The minimum absolute atomic E-state index is 0.325. The van der Waals surface area contributed by atoms with Gasteiger partial charge in [0.15, 0.2) is 0 Å². The second-order valence-electron chi connectivity index (χ2n) is 3.95. The second-order valence-corrected chi connectivity index (χ2v) is 3.95. The molecule has 3 atom stereocenters. The molecule has 3 unspecified atom stereocenters. The van der Waals surface area contributed by atoms with Crippen molar-refractivity contribution in [2.24, 2.45) is 0 Å². The van der Waals surface area contributed by atoms with Crippen molar-refractivity contribution in [1.29, 1.82) is 0 Å². The van der Waals surface area contributed by atoms with Gasteiger partial charge in [-0.25, -0.2) is 0 Å². The minimum atomic E-state index is -0.776. The molecule has 1 aliphatic heterocycles. The van der Waals surface area contributed by atoms with Crippen molar-refractivity contribution >= 4 is 5.97 Å². The topological polar surface area (TPSA) is 52.6 Å². The van der Waals surface area contributed by atoms with Crippen molar-refractivity contribution in [3.8, 4) is 0 Å². The Balaban J connectivity index is 2.35. The molecule has 0 aliphatic carbocycles. The fourth-order valence-electron chi connectivity index (χ4n) is 1.74. The standard InChI is InChI=1S/C9H18N2O2/c1-6-4-8(5-11(6)3)10-7(2)9(12)13/h6-8,10H,4-5H2,1-3H3,(H,12,13). The number of likely N-dealkylation sites (tertiary alicyclic amines) is 1. The van der Waals surface area contributed by atoms with Crippen LogP contribution in [0.4, 0.5) is 0 Å². The van der Waals surface area contributed by atoms with E-state index in [-0.39, 0.29) is 0 Å². The van der Waals surface area contributed by atoms with Crippen LogP contribution in [0, 0.1) is 0 Å². The number of carboxylic acids is 1. The number of carbonyl (C=O) groups is 1. The average Bonchev–Trinajstić information content (AvgIpc) is 2.31. The summed E-state index contributed by atoms with van der Waals surface area (Å²) in [6.07, 6.45) is 1.04. The first-order valence-electron chi connectivity index (χ1n) is 4.69. The summed E-state index contributed by atoms with van der Waals surface area (Å²) in [7, 11) is 2.07. The normalized spacial score (nSPS) is 31.9. The van der Waals surface area contributed by atoms with Gasteiger partial charge >= 0.3 is 5.97 Å². The van der Waals surface area contributed by atoms with E-state index in [2.05, 4.69) is 24.2 Å². The molecule has 0 radical (unpaired) electrons. The Kier molecular flexibility index (Phi) is 3.27. The molecule has 1 heterocycles. The third kappa shape index (κ3) is 2.67. The van der Waals surface area contributed by atoms with E-state index in [0.717, 1.165) is 13.0 Å². The number of hydrogen-bond donors (Lipinski definition) is 2. The summed E-state index contributed by atoms with van der Waals surface area (Å²) in [5.41, 5.74) is 0. The highest BCUT2D eigenvalue weighted by atomic mass is 16.4. The summed E-state index contributed by atoms with van der Waals surface area (Å²) < 4.78 is 0. The van der Waals surface area contributed by atoms with Crippen LogP contribution in [0.3, 0.4) is 0 Å². The van der Waals surface area contributed by atoms with Crippen LogP contribution in [0.5, 0.6) is 0 Å². The van der Waals surface area contributed by atoms with E-state index in [1.165, 1.54) is 0 Å². The highest BCUT2D eigenvalue weighted by molar-refractivity contribution is 5.72. The van der Waals surface area contributed by atoms with Gasteiger partial charge < -0.3 is 15.3 Å². The molecule has 4 nitrogen and oxygen atoms in total. The maximum absolute atomic E-state index is 10.6. The predicted molar refractivity (Wildman–Crippen MR) is 50.7 cm³/mol. The van der Waals surface area contributed by atoms with Crippen LogP contribution in [0.1, 0.15) is 20.3 Å². The lowest BCUT2D eigenvalue weighted by atomic mass is 10.1. The first kappa shape index (κ1) is 10.5. The molecule has 0 saturated carbocycles. The molecule has 76 valence electrons. The van der Waals surface area contributed by atoms with Crippen LogP contribution in [0.15, 0.2) is 0 Å². The number of hydrogen-bond acceptors (Lipinski definition) is 3. The van der Waals surface area contributed by atoms with Gasteiger partial charge in [-0.2, -0.15) is 0 Å². The third-order valence-electron chi connectivity index (χ3n) is 2.74. The summed E-state index contributed by atoms with van der Waals surface area (Å²) in [6, 6.07) is 0.438. The number of aliphatic carboxylic acids is 1. The van der Waals surface area contributed by atoms with Gasteiger partial charge in [0.2, 0.25) is 0 Å². The number of nitrogens with one attached hydrogen (secondary N) is 1. The Labute approximate surface area is 78.9 Å². The Morgan fingerprint density at radius 2 is 2.31 bits per heavy atom. The quantitative estimate of drug-likeness (QED) is 0.658. The highest BCUT2D eigenvalue weighted by Crippen LogP contribution is 2.15. The lowest BCUT2D eigenvalue weighted by Gasteiger charge is -2.15. The molecular formula is C9H18N2O2. The lowest BCUT2D eigenvalue weighted by Crippen LogP contribution is -2.42. The van der Waals surface area contributed by atoms with Crippen molar-refractivity contribution in [3.05, 3.63) is 0 Å². The molecule has 0 aromatic rings. The minimum Gasteiger partial charge on any atom is -0.480 e. The van der Waals surface area contributed by atoms with Gasteiger partial charge in [-0.3, -0.25) is 4.79 Å². The van der Waals surface area contributed by atoms with Gasteiger partial charge in [-0.15, -0.1) is 0 Å². The van der Waals surface area contributed by atoms with Crippen molar-refractivity contribution in [3.63, 3.8) is 0 Å². The molecule has 0 amide bonds. The number of nitrogens with zero attached hydrogens (tertiary/aromatic N) is 1. The second kappa shape index (κ2) is 4.07. The Bertz CT molecular complexity index is 186. The first-order valence-corrected chi connectivity index (χ1v) is 4.69. The molecular weight excluding hydrogens is 168 g/mol. The van der Waals surface area contributed by atoms with Gasteiger partial charge in [0.1, 0.15) is 6.04 Å². The van der Waals surface area contributed by atoms with E-state index >= 15 is 0 Å². The van der Waals surface area contributed by atoms with Crippen molar-refractivity contribution in [1.82, 2.24) is 10.2 Å². The van der Waals surface area contributed by atoms with Crippen LogP contribution in [0.2, 0.25) is 0 Å². The van der Waals surface area contributed by atoms with Crippen molar-refractivity contribution in [2.75, 3.05) is 13.6 Å². The summed E-state index contributed by atoms with van der Waals surface area (Å²) in [5.74, 6) is -0.776. The number of rotatable bonds is 3. The zero-order valence-corrected chi connectivity index (χ0v) is 8.45. The molecule has 0 bridgehead atoms. The molecule has 13 heavy (non-hydrogen) atoms. The van der Waals surface area contributed by atoms with Gasteiger partial charge in [0, 0.05) is 18.6 Å². The summed E-state index contributed by atoms with van der Waals surface area (Å²) in [5, 5.41) is 11.8.